The van der Waals surface area contributed by atoms with Crippen LogP contribution in [-0.4, -0.2) is 17.2 Å². The van der Waals surface area contributed by atoms with Crippen molar-refractivity contribution in [3.05, 3.63) is 29.3 Å². The van der Waals surface area contributed by atoms with Crippen molar-refractivity contribution in [1.29, 1.82) is 0 Å². The van der Waals surface area contributed by atoms with Crippen molar-refractivity contribution < 1.29 is 14.6 Å². The Bertz CT molecular complexity index is 765. The van der Waals surface area contributed by atoms with Gasteiger partial charge in [0.15, 0.2) is 0 Å². The summed E-state index contributed by atoms with van der Waals surface area (Å²) in [6.07, 6.45) is 13.9. The van der Waals surface area contributed by atoms with Crippen molar-refractivity contribution in [2.24, 2.45) is 23.2 Å². The zero-order valence-corrected chi connectivity index (χ0v) is 17.9. The van der Waals surface area contributed by atoms with E-state index in [0.29, 0.717) is 29.9 Å². The quantitative estimate of drug-likeness (QED) is 0.623. The zero-order chi connectivity index (χ0) is 20.0. The standard InChI is InChI=1S/C26H36O3/c1-26-15-14-21-20-10-8-19(27)16-18(20)7-9-22(21)23(26)11-12-24(26)29-25(28)13-6-17-4-2-3-5-17/h8,10,16-17,21-24,27H,2-7,9,11-15H2,1H3/t21-,22-,23-,24-,26-/m0/s1. The van der Waals surface area contributed by atoms with E-state index in [4.69, 9.17) is 4.74 Å². The second-order valence-corrected chi connectivity index (χ2v) is 10.6. The summed E-state index contributed by atoms with van der Waals surface area (Å²) < 4.78 is 6.14. The number of hydrogen-bond donors (Lipinski definition) is 1. The van der Waals surface area contributed by atoms with Crippen molar-refractivity contribution in [1.82, 2.24) is 0 Å². The highest BCUT2D eigenvalue weighted by molar-refractivity contribution is 5.69. The Hall–Kier alpha value is -1.51. The predicted octanol–water partition coefficient (Wildman–Crippen LogP) is 6.13. The summed E-state index contributed by atoms with van der Waals surface area (Å²) in [4.78, 5) is 12.6. The average molecular weight is 397 g/mol. The van der Waals surface area contributed by atoms with Crippen molar-refractivity contribution in [2.45, 2.75) is 96.0 Å². The number of carbonyl (C=O) groups excluding carboxylic acids is 1. The first-order valence-electron chi connectivity index (χ1n) is 12.1. The molecule has 0 unspecified atom stereocenters. The normalized spacial score (nSPS) is 36.3. The maximum absolute atomic E-state index is 12.6. The molecule has 158 valence electrons. The van der Waals surface area contributed by atoms with Gasteiger partial charge in [0.2, 0.25) is 0 Å². The van der Waals surface area contributed by atoms with Gasteiger partial charge in [0.1, 0.15) is 11.9 Å². The molecule has 1 aromatic rings. The highest BCUT2D eigenvalue weighted by Crippen LogP contribution is 2.61. The Morgan fingerprint density at radius 1 is 1.14 bits per heavy atom. The van der Waals surface area contributed by atoms with Gasteiger partial charge >= 0.3 is 5.97 Å². The highest BCUT2D eigenvalue weighted by Gasteiger charge is 2.56. The Balaban J connectivity index is 1.25. The van der Waals surface area contributed by atoms with E-state index < -0.39 is 0 Å². The summed E-state index contributed by atoms with van der Waals surface area (Å²) in [6.45, 7) is 2.40. The molecule has 0 radical (unpaired) electrons. The first-order valence-corrected chi connectivity index (χ1v) is 12.1. The molecule has 0 spiro atoms. The second kappa shape index (κ2) is 7.63. The molecule has 1 aromatic carbocycles. The first kappa shape index (κ1) is 19.5. The monoisotopic (exact) mass is 396 g/mol. The average Bonchev–Trinajstić information content (AvgIpc) is 3.34. The van der Waals surface area contributed by atoms with Gasteiger partial charge in [-0.05, 0) is 91.9 Å². The third-order valence-corrected chi connectivity index (χ3v) is 9.13. The number of benzene rings is 1. The molecular formula is C26H36O3. The first-order chi connectivity index (χ1) is 14.0. The van der Waals surface area contributed by atoms with Crippen LogP contribution >= 0.6 is 0 Å². The zero-order valence-electron chi connectivity index (χ0n) is 17.9. The molecule has 3 fully saturated rings. The van der Waals surface area contributed by atoms with Gasteiger partial charge in [0.25, 0.3) is 0 Å². The van der Waals surface area contributed by atoms with Crippen LogP contribution in [0.15, 0.2) is 18.2 Å². The van der Waals surface area contributed by atoms with Crippen LogP contribution in [0.25, 0.3) is 0 Å². The van der Waals surface area contributed by atoms with E-state index >= 15 is 0 Å². The third kappa shape index (κ3) is 3.49. The number of fused-ring (bicyclic) bond motifs is 5. The second-order valence-electron chi connectivity index (χ2n) is 10.6. The number of aryl methyl sites for hydroxylation is 1. The van der Waals surface area contributed by atoms with E-state index in [1.807, 2.05) is 12.1 Å². The topological polar surface area (TPSA) is 46.5 Å². The minimum absolute atomic E-state index is 0.0513. The van der Waals surface area contributed by atoms with Crippen LogP contribution in [0.5, 0.6) is 5.75 Å². The van der Waals surface area contributed by atoms with Gasteiger partial charge in [-0.15, -0.1) is 0 Å². The Morgan fingerprint density at radius 3 is 2.79 bits per heavy atom. The van der Waals surface area contributed by atoms with E-state index in [1.165, 1.54) is 56.1 Å². The Kier molecular flexibility index (Phi) is 5.12. The molecule has 29 heavy (non-hydrogen) atoms. The molecule has 4 aliphatic rings. The highest BCUT2D eigenvalue weighted by atomic mass is 16.5. The molecule has 5 atom stereocenters. The lowest BCUT2D eigenvalue weighted by Gasteiger charge is -2.50. The minimum atomic E-state index is 0.0513. The number of carbonyl (C=O) groups is 1. The van der Waals surface area contributed by atoms with E-state index in [1.54, 1.807) is 0 Å². The molecule has 0 heterocycles. The summed E-state index contributed by atoms with van der Waals surface area (Å²) >= 11 is 0. The summed E-state index contributed by atoms with van der Waals surface area (Å²) in [7, 11) is 0. The summed E-state index contributed by atoms with van der Waals surface area (Å²) in [5, 5.41) is 9.86. The summed E-state index contributed by atoms with van der Waals surface area (Å²) in [5.41, 5.74) is 2.97. The van der Waals surface area contributed by atoms with Crippen LogP contribution in [0.2, 0.25) is 0 Å². The van der Waals surface area contributed by atoms with Gasteiger partial charge in [-0.3, -0.25) is 4.79 Å². The molecule has 5 rings (SSSR count). The van der Waals surface area contributed by atoms with Crippen LogP contribution in [0.3, 0.4) is 0 Å². The lowest BCUT2D eigenvalue weighted by Crippen LogP contribution is -2.45. The van der Waals surface area contributed by atoms with Crippen LogP contribution in [-0.2, 0) is 16.0 Å². The predicted molar refractivity (Wildman–Crippen MR) is 114 cm³/mol. The number of ether oxygens (including phenoxy) is 1. The molecule has 1 N–H and O–H groups in total. The Labute approximate surface area is 175 Å². The molecule has 3 nitrogen and oxygen atoms in total. The molecule has 3 heteroatoms. The van der Waals surface area contributed by atoms with Crippen molar-refractivity contribution in [2.75, 3.05) is 0 Å². The lowest BCUT2D eigenvalue weighted by atomic mass is 9.55. The molecule has 3 saturated carbocycles. The number of aromatic hydroxyl groups is 1. The maximum atomic E-state index is 12.6. The van der Waals surface area contributed by atoms with Crippen molar-refractivity contribution >= 4 is 5.97 Å². The molecule has 0 bridgehead atoms. The summed E-state index contributed by atoms with van der Waals surface area (Å²) in [5.74, 6) is 3.19. The van der Waals surface area contributed by atoms with Gasteiger partial charge in [0.05, 0.1) is 0 Å². The van der Waals surface area contributed by atoms with Gasteiger partial charge in [-0.1, -0.05) is 38.7 Å². The smallest absolute Gasteiger partial charge is 0.306 e. The molecule has 0 aliphatic heterocycles. The largest absolute Gasteiger partial charge is 0.508 e. The fourth-order valence-corrected chi connectivity index (χ4v) is 7.55. The fraction of sp³-hybridized carbons (Fsp3) is 0.731. The number of esters is 1. The van der Waals surface area contributed by atoms with Gasteiger partial charge in [-0.25, -0.2) is 0 Å². The van der Waals surface area contributed by atoms with Gasteiger partial charge in [-0.2, -0.15) is 0 Å². The third-order valence-electron chi connectivity index (χ3n) is 9.13. The Morgan fingerprint density at radius 2 is 1.97 bits per heavy atom. The summed E-state index contributed by atoms with van der Waals surface area (Å²) in [6, 6.07) is 6.00. The maximum Gasteiger partial charge on any atom is 0.306 e. The SMILES string of the molecule is C[C@]12CC[C@H]3c4ccc(O)cc4CC[C@@H]3[C@@H]1CC[C@@H]2OC(=O)CCC1CCCC1. The number of hydrogen-bond acceptors (Lipinski definition) is 3. The van der Waals surface area contributed by atoms with E-state index in [-0.39, 0.29) is 17.5 Å². The van der Waals surface area contributed by atoms with E-state index in [2.05, 4.69) is 13.0 Å². The number of rotatable bonds is 4. The van der Waals surface area contributed by atoms with Crippen LogP contribution in [0.4, 0.5) is 0 Å². The van der Waals surface area contributed by atoms with Crippen molar-refractivity contribution in [3.8, 4) is 5.75 Å². The van der Waals surface area contributed by atoms with E-state index in [0.717, 1.165) is 31.6 Å². The van der Waals surface area contributed by atoms with Crippen molar-refractivity contribution in [3.63, 3.8) is 0 Å². The van der Waals surface area contributed by atoms with Crippen LogP contribution in [0.1, 0.15) is 94.6 Å². The molecule has 4 aliphatic carbocycles. The van der Waals surface area contributed by atoms with Gasteiger partial charge < -0.3 is 9.84 Å². The number of phenols is 1. The molecule has 0 amide bonds. The van der Waals surface area contributed by atoms with Crippen LogP contribution < -0.4 is 0 Å². The molecule has 0 saturated heterocycles. The van der Waals surface area contributed by atoms with Gasteiger partial charge in [0, 0.05) is 11.8 Å². The molecule has 0 aromatic heterocycles. The molecular weight excluding hydrogens is 360 g/mol. The number of phenolic OH excluding ortho intramolecular Hbond substituents is 1. The fourth-order valence-electron chi connectivity index (χ4n) is 7.55. The lowest BCUT2D eigenvalue weighted by molar-refractivity contribution is -0.157. The minimum Gasteiger partial charge on any atom is -0.508 e. The van der Waals surface area contributed by atoms with Crippen LogP contribution in [0, 0.1) is 23.2 Å². The van der Waals surface area contributed by atoms with E-state index in [9.17, 15) is 9.90 Å².